The number of aliphatic hydroxyl groups excluding tert-OH is 1. The summed E-state index contributed by atoms with van der Waals surface area (Å²) < 4.78 is 5.39. The third-order valence-corrected chi connectivity index (χ3v) is 4.00. The predicted octanol–water partition coefficient (Wildman–Crippen LogP) is 2.13. The second kappa shape index (κ2) is 7.77. The third kappa shape index (κ3) is 5.64. The highest BCUT2D eigenvalue weighted by molar-refractivity contribution is 5.74. The molecule has 5 heteroatoms. The van der Waals surface area contributed by atoms with Gasteiger partial charge in [-0.25, -0.2) is 0 Å². The average molecular weight is 296 g/mol. The van der Waals surface area contributed by atoms with Crippen LogP contribution in [0.2, 0.25) is 0 Å². The van der Waals surface area contributed by atoms with E-state index in [2.05, 4.69) is 0 Å². The zero-order chi connectivity index (χ0) is 16.0. The standard InChI is InChI=1S/C16H28N2O3/c1-16(2,3)21-15(20)13(12(19)9-10-17)14(18)11-7-5-4-6-8-11/h11-14,19H,4-9,18H2,1-3H3/t12-,13+,14?/m0/s1. The van der Waals surface area contributed by atoms with Gasteiger partial charge >= 0.3 is 5.97 Å². The zero-order valence-corrected chi connectivity index (χ0v) is 13.3. The maximum Gasteiger partial charge on any atom is 0.313 e. The van der Waals surface area contributed by atoms with E-state index in [1.54, 1.807) is 20.8 Å². The van der Waals surface area contributed by atoms with E-state index in [-0.39, 0.29) is 12.3 Å². The number of nitrogens with zero attached hydrogens (tertiary/aromatic N) is 1. The summed E-state index contributed by atoms with van der Waals surface area (Å²) in [6.07, 6.45) is 4.17. The molecule has 0 aliphatic heterocycles. The summed E-state index contributed by atoms with van der Waals surface area (Å²) in [5, 5.41) is 19.0. The van der Waals surface area contributed by atoms with Gasteiger partial charge in [-0.1, -0.05) is 19.3 Å². The van der Waals surface area contributed by atoms with Crippen molar-refractivity contribution in [2.45, 2.75) is 77.0 Å². The minimum absolute atomic E-state index is 0.107. The minimum atomic E-state index is -1.07. The van der Waals surface area contributed by atoms with Gasteiger partial charge in [0.15, 0.2) is 0 Å². The van der Waals surface area contributed by atoms with Crippen molar-refractivity contribution in [3.8, 4) is 6.07 Å². The highest BCUT2D eigenvalue weighted by atomic mass is 16.6. The molecule has 0 spiro atoms. The van der Waals surface area contributed by atoms with Crippen molar-refractivity contribution >= 4 is 5.97 Å². The summed E-state index contributed by atoms with van der Waals surface area (Å²) in [5.41, 5.74) is 5.64. The summed E-state index contributed by atoms with van der Waals surface area (Å²) >= 11 is 0. The Hall–Kier alpha value is -1.12. The lowest BCUT2D eigenvalue weighted by atomic mass is 9.77. The second-order valence-corrected chi connectivity index (χ2v) is 6.96. The number of esters is 1. The number of carbonyl (C=O) groups is 1. The molecule has 3 N–H and O–H groups in total. The monoisotopic (exact) mass is 296 g/mol. The van der Waals surface area contributed by atoms with Crippen LogP contribution < -0.4 is 5.73 Å². The molecular weight excluding hydrogens is 268 g/mol. The molecule has 21 heavy (non-hydrogen) atoms. The smallest absolute Gasteiger partial charge is 0.313 e. The Kier molecular flexibility index (Phi) is 6.63. The van der Waals surface area contributed by atoms with Crippen molar-refractivity contribution in [1.82, 2.24) is 0 Å². The third-order valence-electron chi connectivity index (χ3n) is 4.00. The van der Waals surface area contributed by atoms with E-state index in [1.165, 1.54) is 6.42 Å². The molecule has 0 aromatic heterocycles. The van der Waals surface area contributed by atoms with E-state index in [0.29, 0.717) is 0 Å². The Bertz CT molecular complexity index is 378. The van der Waals surface area contributed by atoms with Crippen LogP contribution in [0.3, 0.4) is 0 Å². The van der Waals surface area contributed by atoms with E-state index < -0.39 is 29.6 Å². The first-order chi connectivity index (χ1) is 9.76. The number of hydrogen-bond acceptors (Lipinski definition) is 5. The first kappa shape index (κ1) is 17.9. The fraction of sp³-hybridized carbons (Fsp3) is 0.875. The molecule has 0 radical (unpaired) electrons. The van der Waals surface area contributed by atoms with Crippen molar-refractivity contribution in [3.05, 3.63) is 0 Å². The van der Waals surface area contributed by atoms with Crippen molar-refractivity contribution in [3.63, 3.8) is 0 Å². The van der Waals surface area contributed by atoms with Crippen LogP contribution in [0.1, 0.15) is 59.3 Å². The van der Waals surface area contributed by atoms with E-state index in [9.17, 15) is 9.90 Å². The topological polar surface area (TPSA) is 96.3 Å². The van der Waals surface area contributed by atoms with Gasteiger partial charge in [0.1, 0.15) is 5.60 Å². The zero-order valence-electron chi connectivity index (χ0n) is 13.3. The van der Waals surface area contributed by atoms with Gasteiger partial charge in [-0.2, -0.15) is 5.26 Å². The number of rotatable bonds is 5. The lowest BCUT2D eigenvalue weighted by Crippen LogP contribution is -2.49. The van der Waals surface area contributed by atoms with Crippen molar-refractivity contribution < 1.29 is 14.6 Å². The molecule has 1 aliphatic rings. The Morgan fingerprint density at radius 2 is 1.95 bits per heavy atom. The molecule has 5 nitrogen and oxygen atoms in total. The lowest BCUT2D eigenvalue weighted by molar-refractivity contribution is -0.165. The molecule has 3 atom stereocenters. The van der Waals surface area contributed by atoms with Crippen LogP contribution in [0.15, 0.2) is 0 Å². The highest BCUT2D eigenvalue weighted by Gasteiger charge is 2.39. The Morgan fingerprint density at radius 1 is 1.38 bits per heavy atom. The summed E-state index contributed by atoms with van der Waals surface area (Å²) in [7, 11) is 0. The van der Waals surface area contributed by atoms with E-state index in [0.717, 1.165) is 25.7 Å². The number of nitriles is 1. The SMILES string of the molecule is CC(C)(C)OC(=O)[C@@H](C(N)C1CCCCC1)[C@@H](O)CC#N. The molecular formula is C16H28N2O3. The molecule has 1 unspecified atom stereocenters. The first-order valence-electron chi connectivity index (χ1n) is 7.79. The molecule has 0 aromatic carbocycles. The van der Waals surface area contributed by atoms with Crippen LogP contribution in [-0.2, 0) is 9.53 Å². The fourth-order valence-electron chi connectivity index (χ4n) is 2.97. The number of nitrogens with two attached hydrogens (primary N) is 1. The van der Waals surface area contributed by atoms with Crippen LogP contribution in [0.5, 0.6) is 0 Å². The maximum absolute atomic E-state index is 12.4. The largest absolute Gasteiger partial charge is 0.460 e. The van der Waals surface area contributed by atoms with Crippen LogP contribution in [0.4, 0.5) is 0 Å². The molecule has 0 amide bonds. The van der Waals surface area contributed by atoms with Gasteiger partial charge < -0.3 is 15.6 Å². The van der Waals surface area contributed by atoms with Gasteiger partial charge in [-0.05, 0) is 39.5 Å². The van der Waals surface area contributed by atoms with Gasteiger partial charge in [-0.3, -0.25) is 4.79 Å². The molecule has 0 saturated heterocycles. The Labute approximate surface area is 127 Å². The first-order valence-corrected chi connectivity index (χ1v) is 7.79. The minimum Gasteiger partial charge on any atom is -0.460 e. The van der Waals surface area contributed by atoms with E-state index >= 15 is 0 Å². The van der Waals surface area contributed by atoms with Crippen molar-refractivity contribution in [2.24, 2.45) is 17.6 Å². The molecule has 1 saturated carbocycles. The van der Waals surface area contributed by atoms with Crippen LogP contribution in [-0.4, -0.2) is 28.8 Å². The molecule has 0 heterocycles. The van der Waals surface area contributed by atoms with Crippen LogP contribution in [0, 0.1) is 23.2 Å². The van der Waals surface area contributed by atoms with E-state index in [1.807, 2.05) is 6.07 Å². The number of aliphatic hydroxyl groups is 1. The summed E-state index contributed by atoms with van der Waals surface area (Å²) in [6.45, 7) is 5.35. The molecule has 1 fully saturated rings. The van der Waals surface area contributed by atoms with Crippen LogP contribution >= 0.6 is 0 Å². The number of ether oxygens (including phenoxy) is 1. The summed E-state index contributed by atoms with van der Waals surface area (Å²) in [4.78, 5) is 12.4. The fourth-order valence-corrected chi connectivity index (χ4v) is 2.97. The molecule has 0 bridgehead atoms. The average Bonchev–Trinajstić information content (AvgIpc) is 2.38. The molecule has 1 aliphatic carbocycles. The van der Waals surface area contributed by atoms with Crippen molar-refractivity contribution in [1.29, 1.82) is 5.26 Å². The van der Waals surface area contributed by atoms with Crippen molar-refractivity contribution in [2.75, 3.05) is 0 Å². The Morgan fingerprint density at radius 3 is 2.43 bits per heavy atom. The second-order valence-electron chi connectivity index (χ2n) is 6.96. The highest BCUT2D eigenvalue weighted by Crippen LogP contribution is 2.31. The summed E-state index contributed by atoms with van der Waals surface area (Å²) in [6, 6.07) is 1.46. The maximum atomic E-state index is 12.4. The molecule has 0 aromatic rings. The Balaban J connectivity index is 2.85. The van der Waals surface area contributed by atoms with Gasteiger partial charge in [0.2, 0.25) is 0 Å². The van der Waals surface area contributed by atoms with Gasteiger partial charge in [-0.15, -0.1) is 0 Å². The predicted molar refractivity (Wildman–Crippen MR) is 80.1 cm³/mol. The van der Waals surface area contributed by atoms with Gasteiger partial charge in [0, 0.05) is 6.04 Å². The van der Waals surface area contributed by atoms with Crippen LogP contribution in [0.25, 0.3) is 0 Å². The molecule has 120 valence electrons. The van der Waals surface area contributed by atoms with E-state index in [4.69, 9.17) is 15.7 Å². The van der Waals surface area contributed by atoms with Gasteiger partial charge in [0.05, 0.1) is 24.5 Å². The summed E-state index contributed by atoms with van der Waals surface area (Å²) in [5.74, 6) is -1.11. The molecule has 1 rings (SSSR count). The lowest BCUT2D eigenvalue weighted by Gasteiger charge is -2.35. The number of hydrogen-bond donors (Lipinski definition) is 2. The quantitative estimate of drug-likeness (QED) is 0.758. The normalized spacial score (nSPS) is 21.1. The number of carbonyl (C=O) groups excluding carboxylic acids is 1. The van der Waals surface area contributed by atoms with Gasteiger partial charge in [0.25, 0.3) is 0 Å².